The second kappa shape index (κ2) is 10.3. The summed E-state index contributed by atoms with van der Waals surface area (Å²) in [5.41, 5.74) is 5.19. The largest absolute Gasteiger partial charge is 0.471 e. The lowest BCUT2D eigenvalue weighted by molar-refractivity contribution is 0.0388. The first-order valence-corrected chi connectivity index (χ1v) is 9.92. The number of aromatic nitrogens is 1. The minimum atomic E-state index is -0.873. The molecular weight excluding hydrogens is 420 g/mol. The molecule has 9 nitrogen and oxygen atoms in total. The van der Waals surface area contributed by atoms with Gasteiger partial charge in [0, 0.05) is 31.7 Å². The number of morpholine rings is 1. The fourth-order valence-corrected chi connectivity index (χ4v) is 3.51. The van der Waals surface area contributed by atoms with Gasteiger partial charge < -0.3 is 20.5 Å². The van der Waals surface area contributed by atoms with Gasteiger partial charge in [0.25, 0.3) is 5.91 Å². The fourth-order valence-electron chi connectivity index (χ4n) is 2.78. The van der Waals surface area contributed by atoms with Gasteiger partial charge in [-0.15, -0.1) is 0 Å². The van der Waals surface area contributed by atoms with Crippen LogP contribution in [0.4, 0.5) is 18.6 Å². The summed E-state index contributed by atoms with van der Waals surface area (Å²) < 4.78 is 41.6. The summed E-state index contributed by atoms with van der Waals surface area (Å²) in [5, 5.41) is 5.30. The molecule has 0 unspecified atom stereocenters. The van der Waals surface area contributed by atoms with Crippen LogP contribution < -0.4 is 21.1 Å². The summed E-state index contributed by atoms with van der Waals surface area (Å²) in [6.07, 6.45) is 0. The molecule has 162 valence electrons. The predicted octanol–water partition coefficient (Wildman–Crippen LogP) is 1.55. The van der Waals surface area contributed by atoms with E-state index in [1.807, 2.05) is 0 Å². The number of hydrogen-bond acceptors (Lipinski definition) is 7. The number of nitrogens with one attached hydrogen (secondary N) is 2. The molecule has 3 amide bonds. The van der Waals surface area contributed by atoms with Gasteiger partial charge in [-0.3, -0.25) is 15.0 Å². The van der Waals surface area contributed by atoms with E-state index in [0.717, 1.165) is 42.8 Å². The van der Waals surface area contributed by atoms with E-state index in [-0.39, 0.29) is 28.6 Å². The minimum Gasteiger partial charge on any atom is -0.471 e. The van der Waals surface area contributed by atoms with Crippen molar-refractivity contribution in [1.29, 1.82) is 0 Å². The third-order valence-electron chi connectivity index (χ3n) is 4.32. The van der Waals surface area contributed by atoms with Crippen LogP contribution in [0.3, 0.4) is 0 Å². The molecule has 1 saturated heterocycles. The molecule has 1 aromatic heterocycles. The molecule has 1 aliphatic rings. The zero-order chi connectivity index (χ0) is 21.5. The zero-order valence-electron chi connectivity index (χ0n) is 16.0. The Morgan fingerprint density at radius 2 is 2.07 bits per heavy atom. The molecule has 0 saturated carbocycles. The van der Waals surface area contributed by atoms with Crippen molar-refractivity contribution >= 4 is 28.5 Å². The molecule has 4 N–H and O–H groups in total. The normalized spacial score (nSPS) is 14.3. The van der Waals surface area contributed by atoms with E-state index < -0.39 is 23.6 Å². The Hall–Kier alpha value is -2.83. The Kier molecular flexibility index (Phi) is 7.49. The second-order valence-electron chi connectivity index (χ2n) is 6.42. The number of benzene rings is 1. The maximum absolute atomic E-state index is 13.7. The van der Waals surface area contributed by atoms with E-state index in [9.17, 15) is 18.4 Å². The highest BCUT2D eigenvalue weighted by Gasteiger charge is 2.22. The van der Waals surface area contributed by atoms with Gasteiger partial charge in [0.15, 0.2) is 0 Å². The Bertz CT molecular complexity index is 905. The third kappa shape index (κ3) is 5.84. The number of ether oxygens (including phenoxy) is 2. The van der Waals surface area contributed by atoms with E-state index in [4.69, 9.17) is 15.2 Å². The van der Waals surface area contributed by atoms with Crippen LogP contribution in [0.25, 0.3) is 0 Å². The van der Waals surface area contributed by atoms with Crippen molar-refractivity contribution in [3.8, 4) is 5.88 Å². The van der Waals surface area contributed by atoms with Gasteiger partial charge >= 0.3 is 6.03 Å². The molecule has 1 fully saturated rings. The van der Waals surface area contributed by atoms with Gasteiger partial charge in [-0.05, 0) is 29.7 Å². The predicted molar refractivity (Wildman–Crippen MR) is 106 cm³/mol. The number of anilines is 1. The monoisotopic (exact) mass is 441 g/mol. The Morgan fingerprint density at radius 3 is 2.80 bits per heavy atom. The number of amides is 3. The number of carbonyl (C=O) groups is 2. The second-order valence-corrected chi connectivity index (χ2v) is 7.19. The molecule has 0 bridgehead atoms. The lowest BCUT2D eigenvalue weighted by Crippen LogP contribution is -2.42. The molecule has 1 aliphatic heterocycles. The van der Waals surface area contributed by atoms with Crippen molar-refractivity contribution in [3.05, 3.63) is 41.0 Å². The Labute approximate surface area is 175 Å². The number of rotatable bonds is 8. The number of halogens is 2. The zero-order valence-corrected chi connectivity index (χ0v) is 16.8. The van der Waals surface area contributed by atoms with Crippen LogP contribution in [0, 0.1) is 11.6 Å². The van der Waals surface area contributed by atoms with Crippen LogP contribution in [-0.4, -0.2) is 60.6 Å². The van der Waals surface area contributed by atoms with Gasteiger partial charge in [-0.1, -0.05) is 0 Å². The van der Waals surface area contributed by atoms with Crippen LogP contribution in [-0.2, 0) is 11.3 Å². The molecule has 2 aromatic rings. The number of carbonyl (C=O) groups excluding carboxylic acids is 2. The summed E-state index contributed by atoms with van der Waals surface area (Å²) in [5.74, 6) is -2.33. The average molecular weight is 441 g/mol. The smallest absolute Gasteiger partial charge is 0.319 e. The topological polar surface area (TPSA) is 119 Å². The van der Waals surface area contributed by atoms with Crippen molar-refractivity contribution in [2.24, 2.45) is 5.73 Å². The highest BCUT2D eigenvalue weighted by molar-refractivity contribution is 7.11. The van der Waals surface area contributed by atoms with E-state index in [0.29, 0.717) is 26.3 Å². The Balaban J connectivity index is 1.57. The van der Waals surface area contributed by atoms with Gasteiger partial charge in [0.05, 0.1) is 13.2 Å². The molecular formula is C18H21F2N5O4S. The molecule has 30 heavy (non-hydrogen) atoms. The summed E-state index contributed by atoms with van der Waals surface area (Å²) >= 11 is 0.794. The molecule has 12 heteroatoms. The number of primary amides is 1. The maximum Gasteiger partial charge on any atom is 0.319 e. The number of nitrogens with zero attached hydrogens (tertiary/aromatic N) is 2. The summed E-state index contributed by atoms with van der Waals surface area (Å²) in [6.45, 7) is 3.63. The highest BCUT2D eigenvalue weighted by Crippen LogP contribution is 2.30. The van der Waals surface area contributed by atoms with E-state index in [1.165, 1.54) is 0 Å². The highest BCUT2D eigenvalue weighted by atomic mass is 32.1. The van der Waals surface area contributed by atoms with Gasteiger partial charge in [0.2, 0.25) is 5.88 Å². The minimum absolute atomic E-state index is 0.0474. The first-order valence-electron chi connectivity index (χ1n) is 9.15. The number of nitrogens with two attached hydrogens (primary N) is 1. The van der Waals surface area contributed by atoms with Crippen LogP contribution in [0.1, 0.15) is 15.9 Å². The lowest BCUT2D eigenvalue weighted by Gasteiger charge is -2.26. The molecule has 1 aromatic carbocycles. The van der Waals surface area contributed by atoms with Crippen LogP contribution >= 0.6 is 11.5 Å². The van der Waals surface area contributed by atoms with Gasteiger partial charge in [-0.2, -0.15) is 4.37 Å². The van der Waals surface area contributed by atoms with Gasteiger partial charge in [-0.25, -0.2) is 13.6 Å². The summed E-state index contributed by atoms with van der Waals surface area (Å²) in [4.78, 5) is 26.1. The van der Waals surface area contributed by atoms with Crippen molar-refractivity contribution < 1.29 is 27.8 Å². The molecule has 2 heterocycles. The standard InChI is InChI=1S/C18H21F2N5O4S/c19-12-1-2-13(20)11(9-12)10-29-16-14(15(21)26)17(30-24-16)23-18(27)22-3-4-25-5-7-28-8-6-25/h1-2,9H,3-8,10H2,(H2,21,26)(H2,22,23,27). The van der Waals surface area contributed by atoms with E-state index >= 15 is 0 Å². The molecule has 0 aliphatic carbocycles. The lowest BCUT2D eigenvalue weighted by atomic mass is 10.2. The van der Waals surface area contributed by atoms with Crippen LogP contribution in [0.5, 0.6) is 5.88 Å². The maximum atomic E-state index is 13.7. The molecule has 3 rings (SSSR count). The number of urea groups is 1. The van der Waals surface area contributed by atoms with E-state index in [1.54, 1.807) is 0 Å². The molecule has 0 radical (unpaired) electrons. The van der Waals surface area contributed by atoms with Crippen LogP contribution in [0.15, 0.2) is 18.2 Å². The van der Waals surface area contributed by atoms with Crippen molar-refractivity contribution in [2.45, 2.75) is 6.61 Å². The van der Waals surface area contributed by atoms with Crippen molar-refractivity contribution in [1.82, 2.24) is 14.6 Å². The SMILES string of the molecule is NC(=O)c1c(OCc2cc(F)ccc2F)nsc1NC(=O)NCCN1CCOCC1. The number of hydrogen-bond donors (Lipinski definition) is 3. The molecule has 0 atom stereocenters. The van der Waals surface area contributed by atoms with Crippen molar-refractivity contribution in [3.63, 3.8) is 0 Å². The van der Waals surface area contributed by atoms with Gasteiger partial charge in [0.1, 0.15) is 28.8 Å². The first-order chi connectivity index (χ1) is 14.4. The Morgan fingerprint density at radius 1 is 1.30 bits per heavy atom. The molecule has 0 spiro atoms. The van der Waals surface area contributed by atoms with Crippen LogP contribution in [0.2, 0.25) is 0 Å². The van der Waals surface area contributed by atoms with E-state index in [2.05, 4.69) is 19.9 Å². The summed E-state index contributed by atoms with van der Waals surface area (Å²) in [7, 11) is 0. The third-order valence-corrected chi connectivity index (χ3v) is 5.07. The summed E-state index contributed by atoms with van der Waals surface area (Å²) in [6, 6.07) is 2.40. The fraction of sp³-hybridized carbons (Fsp3) is 0.389. The average Bonchev–Trinajstić information content (AvgIpc) is 3.12. The first kappa shape index (κ1) is 21.9. The quantitative estimate of drug-likeness (QED) is 0.572. The van der Waals surface area contributed by atoms with Crippen molar-refractivity contribution in [2.75, 3.05) is 44.7 Å².